The fraction of sp³-hybridized carbons (Fsp3) is 0.231. The molecule has 2 aromatic rings. The zero-order valence-electron chi connectivity index (χ0n) is 12.2. The van der Waals surface area contributed by atoms with E-state index in [2.05, 4.69) is 15.5 Å². The van der Waals surface area contributed by atoms with Crippen LogP contribution < -0.4 is 11.2 Å². The van der Waals surface area contributed by atoms with Crippen LogP contribution in [-0.2, 0) is 11.0 Å². The molecule has 1 aromatic carbocycles. The fourth-order valence-electron chi connectivity index (χ4n) is 1.69. The van der Waals surface area contributed by atoms with Crippen LogP contribution in [0.25, 0.3) is 0 Å². The number of nitriles is 1. The number of amides is 1. The van der Waals surface area contributed by atoms with Crippen LogP contribution in [-0.4, -0.2) is 26.0 Å². The smallest absolute Gasteiger partial charge is 0.335 e. The van der Waals surface area contributed by atoms with E-state index in [-0.39, 0.29) is 15.4 Å². The quantitative estimate of drug-likeness (QED) is 0.640. The lowest BCUT2D eigenvalue weighted by Gasteiger charge is -2.12. The number of aromatic nitrogens is 3. The molecule has 1 atom stereocenters. The summed E-state index contributed by atoms with van der Waals surface area (Å²) in [6.45, 7) is 1.47. The Hall–Kier alpha value is -2.74. The molecule has 126 valence electrons. The number of nitrogens with two attached hydrogens (primary N) is 1. The number of rotatable bonds is 4. The van der Waals surface area contributed by atoms with Crippen LogP contribution in [0.5, 0.6) is 0 Å². The number of nitrogens with one attached hydrogen (secondary N) is 1. The normalized spacial score (nSPS) is 12.5. The summed E-state index contributed by atoms with van der Waals surface area (Å²) in [5.41, 5.74) is 0.576. The molecule has 0 spiro atoms. The molecule has 0 fully saturated rings. The van der Waals surface area contributed by atoms with E-state index in [1.807, 2.05) is 6.07 Å². The van der Waals surface area contributed by atoms with Crippen molar-refractivity contribution < 1.29 is 18.0 Å². The molecule has 0 bridgehead atoms. The Labute approximate surface area is 138 Å². The maximum absolute atomic E-state index is 12.6. The number of hydrogen-bond acceptors (Lipinski definition) is 6. The largest absolute Gasteiger partial charge is 0.453 e. The first-order valence-corrected chi connectivity index (χ1v) is 7.36. The number of nitrogen functional groups attached to an aromatic ring is 1. The van der Waals surface area contributed by atoms with Gasteiger partial charge in [-0.3, -0.25) is 4.79 Å². The van der Waals surface area contributed by atoms with Gasteiger partial charge in [-0.1, -0.05) is 23.9 Å². The molecule has 0 unspecified atom stereocenters. The lowest BCUT2D eigenvalue weighted by atomic mass is 10.2. The minimum atomic E-state index is -4.74. The van der Waals surface area contributed by atoms with E-state index in [4.69, 9.17) is 11.1 Å². The summed E-state index contributed by atoms with van der Waals surface area (Å²) < 4.78 is 38.1. The molecule has 0 aliphatic heterocycles. The van der Waals surface area contributed by atoms with E-state index in [1.54, 1.807) is 18.2 Å². The van der Waals surface area contributed by atoms with Gasteiger partial charge in [0.1, 0.15) is 6.07 Å². The van der Waals surface area contributed by atoms with Gasteiger partial charge in [0.05, 0.1) is 16.5 Å². The van der Waals surface area contributed by atoms with Crippen molar-refractivity contribution in [3.05, 3.63) is 35.7 Å². The number of anilines is 1. The SMILES string of the molecule is C[C@H](Sc1nnc(C(F)(F)F)n1N)C(=O)Nc1ccccc1C#N. The van der Waals surface area contributed by atoms with Gasteiger partial charge in [-0.25, -0.2) is 4.68 Å². The molecule has 0 radical (unpaired) electrons. The predicted octanol–water partition coefficient (Wildman–Crippen LogP) is 2.00. The van der Waals surface area contributed by atoms with Gasteiger partial charge in [-0.15, -0.1) is 10.2 Å². The van der Waals surface area contributed by atoms with E-state index in [0.717, 1.165) is 11.8 Å². The minimum absolute atomic E-state index is 0.251. The highest BCUT2D eigenvalue weighted by molar-refractivity contribution is 8.00. The lowest BCUT2D eigenvalue weighted by molar-refractivity contribution is -0.146. The van der Waals surface area contributed by atoms with Gasteiger partial charge in [0, 0.05) is 0 Å². The third-order valence-electron chi connectivity index (χ3n) is 2.87. The number of carbonyl (C=O) groups excluding carboxylic acids is 1. The summed E-state index contributed by atoms with van der Waals surface area (Å²) in [5.74, 6) is 3.44. The molecule has 1 amide bonds. The number of alkyl halides is 3. The van der Waals surface area contributed by atoms with Crippen LogP contribution in [0.2, 0.25) is 0 Å². The standard InChI is InChI=1S/C13H11F3N6OS/c1-7(10(23)19-9-5-3-2-4-8(9)6-17)24-12-21-20-11(22(12)18)13(14,15)16/h2-5,7H,18H2,1H3,(H,19,23)/t7-/m0/s1. The average molecular weight is 356 g/mol. The first-order chi connectivity index (χ1) is 11.2. The first-order valence-electron chi connectivity index (χ1n) is 6.48. The molecule has 0 saturated heterocycles. The second-order valence-electron chi connectivity index (χ2n) is 4.58. The molecular formula is C13H11F3N6OS. The van der Waals surface area contributed by atoms with Crippen molar-refractivity contribution in [2.45, 2.75) is 23.5 Å². The summed E-state index contributed by atoms with van der Waals surface area (Å²) in [6, 6.07) is 8.28. The maximum Gasteiger partial charge on any atom is 0.453 e. The predicted molar refractivity (Wildman–Crippen MR) is 80.3 cm³/mol. The highest BCUT2D eigenvalue weighted by atomic mass is 32.2. The Morgan fingerprint density at radius 1 is 1.42 bits per heavy atom. The number of benzene rings is 1. The Morgan fingerprint density at radius 2 is 2.08 bits per heavy atom. The zero-order valence-corrected chi connectivity index (χ0v) is 13.0. The number of para-hydroxylation sites is 1. The van der Waals surface area contributed by atoms with Gasteiger partial charge in [-0.2, -0.15) is 18.4 Å². The summed E-state index contributed by atoms with van der Waals surface area (Å²) >= 11 is 0.717. The van der Waals surface area contributed by atoms with Crippen molar-refractivity contribution in [1.82, 2.24) is 14.9 Å². The van der Waals surface area contributed by atoms with Crippen molar-refractivity contribution in [3.63, 3.8) is 0 Å². The molecule has 0 saturated carbocycles. The Balaban J connectivity index is 2.10. The Morgan fingerprint density at radius 3 is 2.67 bits per heavy atom. The average Bonchev–Trinajstić information content (AvgIpc) is 2.88. The van der Waals surface area contributed by atoms with Gasteiger partial charge in [0.25, 0.3) is 5.82 Å². The first kappa shape index (κ1) is 17.6. The van der Waals surface area contributed by atoms with E-state index in [9.17, 15) is 18.0 Å². The topological polar surface area (TPSA) is 110 Å². The van der Waals surface area contributed by atoms with Gasteiger partial charge < -0.3 is 11.2 Å². The second kappa shape index (κ2) is 6.79. The zero-order chi connectivity index (χ0) is 17.9. The summed E-state index contributed by atoms with van der Waals surface area (Å²) in [4.78, 5) is 12.1. The molecule has 11 heteroatoms. The van der Waals surface area contributed by atoms with Crippen molar-refractivity contribution >= 4 is 23.4 Å². The third kappa shape index (κ3) is 3.77. The van der Waals surface area contributed by atoms with Crippen LogP contribution in [0.15, 0.2) is 29.4 Å². The highest BCUT2D eigenvalue weighted by Crippen LogP contribution is 2.30. The van der Waals surface area contributed by atoms with Crippen molar-refractivity contribution in [2.24, 2.45) is 0 Å². The monoisotopic (exact) mass is 356 g/mol. The summed E-state index contributed by atoms with van der Waals surface area (Å²) in [7, 11) is 0. The van der Waals surface area contributed by atoms with E-state index < -0.39 is 23.2 Å². The van der Waals surface area contributed by atoms with E-state index in [0.29, 0.717) is 5.69 Å². The fourth-order valence-corrected chi connectivity index (χ4v) is 2.46. The van der Waals surface area contributed by atoms with Crippen molar-refractivity contribution in [2.75, 3.05) is 11.2 Å². The molecule has 2 rings (SSSR count). The van der Waals surface area contributed by atoms with Crippen LogP contribution in [0.4, 0.5) is 18.9 Å². The number of nitrogens with zero attached hydrogens (tertiary/aromatic N) is 4. The summed E-state index contributed by atoms with van der Waals surface area (Å²) in [5, 5.41) is 16.8. The van der Waals surface area contributed by atoms with Gasteiger partial charge in [0.15, 0.2) is 0 Å². The Kier molecular flexibility index (Phi) is 4.99. The third-order valence-corrected chi connectivity index (χ3v) is 3.93. The van der Waals surface area contributed by atoms with Crippen LogP contribution in [0, 0.1) is 11.3 Å². The Bertz CT molecular complexity index is 798. The van der Waals surface area contributed by atoms with Crippen LogP contribution in [0.1, 0.15) is 18.3 Å². The van der Waals surface area contributed by atoms with Crippen molar-refractivity contribution in [1.29, 1.82) is 5.26 Å². The van der Waals surface area contributed by atoms with Crippen LogP contribution >= 0.6 is 11.8 Å². The highest BCUT2D eigenvalue weighted by Gasteiger charge is 2.38. The van der Waals surface area contributed by atoms with Crippen LogP contribution in [0.3, 0.4) is 0 Å². The number of halogens is 3. The lowest BCUT2D eigenvalue weighted by Crippen LogP contribution is -2.25. The number of hydrogen-bond donors (Lipinski definition) is 2. The van der Waals surface area contributed by atoms with E-state index in [1.165, 1.54) is 13.0 Å². The van der Waals surface area contributed by atoms with Gasteiger partial charge in [-0.05, 0) is 19.1 Å². The van der Waals surface area contributed by atoms with E-state index >= 15 is 0 Å². The molecular weight excluding hydrogens is 345 g/mol. The maximum atomic E-state index is 12.6. The number of carbonyl (C=O) groups is 1. The molecule has 1 heterocycles. The molecule has 1 aromatic heterocycles. The molecule has 24 heavy (non-hydrogen) atoms. The van der Waals surface area contributed by atoms with Gasteiger partial charge in [0.2, 0.25) is 11.1 Å². The minimum Gasteiger partial charge on any atom is -0.335 e. The second-order valence-corrected chi connectivity index (χ2v) is 5.89. The van der Waals surface area contributed by atoms with Crippen molar-refractivity contribution in [3.8, 4) is 6.07 Å². The number of thioether (sulfide) groups is 1. The molecule has 3 N–H and O–H groups in total. The molecule has 0 aliphatic carbocycles. The van der Waals surface area contributed by atoms with Gasteiger partial charge >= 0.3 is 6.18 Å². The molecule has 0 aliphatic rings. The summed E-state index contributed by atoms with van der Waals surface area (Å²) in [6.07, 6.45) is -4.74. The molecule has 7 nitrogen and oxygen atoms in total.